The minimum atomic E-state index is 0.357. The minimum Gasteiger partial charge on any atom is -0.449 e. The van der Waals surface area contributed by atoms with E-state index >= 15 is 0 Å². The van der Waals surface area contributed by atoms with Gasteiger partial charge in [0, 0.05) is 12.4 Å². The van der Waals surface area contributed by atoms with Crippen molar-refractivity contribution in [3.8, 4) is 6.07 Å². The van der Waals surface area contributed by atoms with Crippen molar-refractivity contribution in [1.29, 1.82) is 5.26 Å². The molecule has 0 aromatic carbocycles. The van der Waals surface area contributed by atoms with Crippen LogP contribution in [0.3, 0.4) is 0 Å². The average molecular weight is 227 g/mol. The summed E-state index contributed by atoms with van der Waals surface area (Å²) >= 11 is 0. The molecule has 0 saturated carbocycles. The van der Waals surface area contributed by atoms with E-state index in [1.807, 2.05) is 24.3 Å². The Labute approximate surface area is 99.9 Å². The van der Waals surface area contributed by atoms with Crippen LogP contribution in [0.4, 0.5) is 0 Å². The standard InChI is InChI=1S/C13H13N3O/c14-9-12-1-2-13(17-12)10-16-8-5-11-3-6-15-7-4-11/h1-4,6-7,16H,5,8,10H2. The number of nitrogens with zero attached hydrogens (tertiary/aromatic N) is 2. The number of hydrogen-bond acceptors (Lipinski definition) is 4. The molecule has 0 aliphatic heterocycles. The van der Waals surface area contributed by atoms with Crippen LogP contribution in [0.25, 0.3) is 0 Å². The second-order valence-electron chi connectivity index (χ2n) is 3.66. The number of furan rings is 1. The number of nitrogens with one attached hydrogen (secondary N) is 1. The third kappa shape index (κ3) is 3.44. The zero-order valence-electron chi connectivity index (χ0n) is 9.39. The smallest absolute Gasteiger partial charge is 0.203 e. The molecule has 2 aromatic heterocycles. The van der Waals surface area contributed by atoms with E-state index in [2.05, 4.69) is 10.3 Å². The Bertz CT molecular complexity index is 499. The van der Waals surface area contributed by atoms with Gasteiger partial charge in [0.05, 0.1) is 6.54 Å². The van der Waals surface area contributed by atoms with Crippen LogP contribution in [0.15, 0.2) is 41.1 Å². The summed E-state index contributed by atoms with van der Waals surface area (Å²) in [5.74, 6) is 1.15. The number of nitriles is 1. The Morgan fingerprint density at radius 1 is 1.24 bits per heavy atom. The van der Waals surface area contributed by atoms with E-state index in [0.29, 0.717) is 12.3 Å². The number of aromatic nitrogens is 1. The Kier molecular flexibility index (Phi) is 3.90. The second kappa shape index (κ2) is 5.83. The van der Waals surface area contributed by atoms with Gasteiger partial charge < -0.3 is 9.73 Å². The van der Waals surface area contributed by atoms with Crippen molar-refractivity contribution in [2.45, 2.75) is 13.0 Å². The van der Waals surface area contributed by atoms with E-state index in [-0.39, 0.29) is 0 Å². The first kappa shape index (κ1) is 11.4. The molecule has 0 saturated heterocycles. The topological polar surface area (TPSA) is 61.9 Å². The lowest BCUT2D eigenvalue weighted by molar-refractivity contribution is 0.475. The van der Waals surface area contributed by atoms with Crippen LogP contribution in [0, 0.1) is 11.3 Å². The van der Waals surface area contributed by atoms with Crippen molar-refractivity contribution in [3.05, 3.63) is 53.7 Å². The van der Waals surface area contributed by atoms with Crippen molar-refractivity contribution in [3.63, 3.8) is 0 Å². The molecule has 0 aliphatic carbocycles. The van der Waals surface area contributed by atoms with Gasteiger partial charge in [-0.15, -0.1) is 0 Å². The molecule has 4 nitrogen and oxygen atoms in total. The summed E-state index contributed by atoms with van der Waals surface area (Å²) in [7, 11) is 0. The van der Waals surface area contributed by atoms with E-state index in [0.717, 1.165) is 18.7 Å². The number of hydrogen-bond donors (Lipinski definition) is 1. The molecule has 2 heterocycles. The Balaban J connectivity index is 1.72. The third-order valence-corrected chi connectivity index (χ3v) is 2.41. The molecule has 0 amide bonds. The largest absolute Gasteiger partial charge is 0.449 e. The number of rotatable bonds is 5. The fourth-order valence-corrected chi connectivity index (χ4v) is 1.53. The zero-order valence-corrected chi connectivity index (χ0v) is 9.39. The molecule has 0 fully saturated rings. The lowest BCUT2D eigenvalue weighted by Gasteiger charge is -2.02. The van der Waals surface area contributed by atoms with Crippen LogP contribution in [0.5, 0.6) is 0 Å². The molecule has 0 bridgehead atoms. The van der Waals surface area contributed by atoms with Gasteiger partial charge in [-0.05, 0) is 42.8 Å². The highest BCUT2D eigenvalue weighted by molar-refractivity contribution is 5.19. The molecule has 0 aliphatic rings. The first-order valence-electron chi connectivity index (χ1n) is 5.47. The molecule has 2 aromatic rings. The van der Waals surface area contributed by atoms with E-state index in [1.54, 1.807) is 18.5 Å². The maximum atomic E-state index is 8.60. The third-order valence-electron chi connectivity index (χ3n) is 2.41. The highest BCUT2D eigenvalue weighted by atomic mass is 16.3. The van der Waals surface area contributed by atoms with Crippen molar-refractivity contribution < 1.29 is 4.42 Å². The van der Waals surface area contributed by atoms with Crippen LogP contribution >= 0.6 is 0 Å². The van der Waals surface area contributed by atoms with Gasteiger partial charge in [0.1, 0.15) is 11.8 Å². The molecule has 2 rings (SSSR count). The Morgan fingerprint density at radius 2 is 2.06 bits per heavy atom. The van der Waals surface area contributed by atoms with Crippen LogP contribution < -0.4 is 5.32 Å². The summed E-state index contributed by atoms with van der Waals surface area (Å²) in [6, 6.07) is 9.46. The molecule has 1 N–H and O–H groups in total. The van der Waals surface area contributed by atoms with Gasteiger partial charge in [-0.1, -0.05) is 0 Å². The molecular formula is C13H13N3O. The van der Waals surface area contributed by atoms with Gasteiger partial charge in [0.25, 0.3) is 0 Å². The molecule has 86 valence electrons. The molecule has 0 atom stereocenters. The summed E-state index contributed by atoms with van der Waals surface area (Å²) in [4.78, 5) is 3.97. The van der Waals surface area contributed by atoms with Crippen molar-refractivity contribution in [2.75, 3.05) is 6.54 Å². The minimum absolute atomic E-state index is 0.357. The van der Waals surface area contributed by atoms with Gasteiger partial charge in [0.15, 0.2) is 0 Å². The monoisotopic (exact) mass is 227 g/mol. The SMILES string of the molecule is N#Cc1ccc(CNCCc2ccncc2)o1. The molecule has 17 heavy (non-hydrogen) atoms. The lowest BCUT2D eigenvalue weighted by Crippen LogP contribution is -2.16. The fraction of sp³-hybridized carbons (Fsp3) is 0.231. The maximum absolute atomic E-state index is 8.60. The normalized spacial score (nSPS) is 10.1. The second-order valence-corrected chi connectivity index (χ2v) is 3.66. The van der Waals surface area contributed by atoms with Gasteiger partial charge in [-0.2, -0.15) is 5.26 Å². The van der Waals surface area contributed by atoms with Gasteiger partial charge in [-0.3, -0.25) is 4.98 Å². The van der Waals surface area contributed by atoms with Crippen molar-refractivity contribution >= 4 is 0 Å². The molecule has 0 spiro atoms. The first-order chi connectivity index (χ1) is 8.38. The predicted molar refractivity (Wildman–Crippen MR) is 63.1 cm³/mol. The van der Waals surface area contributed by atoms with Gasteiger partial charge >= 0.3 is 0 Å². The lowest BCUT2D eigenvalue weighted by atomic mass is 10.2. The molecule has 0 unspecified atom stereocenters. The van der Waals surface area contributed by atoms with Gasteiger partial charge in [-0.25, -0.2) is 0 Å². The first-order valence-corrected chi connectivity index (χ1v) is 5.47. The van der Waals surface area contributed by atoms with Crippen LogP contribution in [0.1, 0.15) is 17.1 Å². The van der Waals surface area contributed by atoms with E-state index < -0.39 is 0 Å². The number of pyridine rings is 1. The zero-order chi connectivity index (χ0) is 11.9. The fourth-order valence-electron chi connectivity index (χ4n) is 1.53. The van der Waals surface area contributed by atoms with E-state index in [4.69, 9.17) is 9.68 Å². The van der Waals surface area contributed by atoms with Gasteiger partial charge in [0.2, 0.25) is 5.76 Å². The van der Waals surface area contributed by atoms with Crippen LogP contribution in [0.2, 0.25) is 0 Å². The summed E-state index contributed by atoms with van der Waals surface area (Å²) in [5.41, 5.74) is 1.25. The van der Waals surface area contributed by atoms with E-state index in [9.17, 15) is 0 Å². The predicted octanol–water partition coefficient (Wildman–Crippen LogP) is 1.88. The highest BCUT2D eigenvalue weighted by Gasteiger charge is 2.00. The Hall–Kier alpha value is -2.12. The maximum Gasteiger partial charge on any atom is 0.203 e. The quantitative estimate of drug-likeness (QED) is 0.792. The summed E-state index contributed by atoms with van der Waals surface area (Å²) < 4.78 is 5.25. The highest BCUT2D eigenvalue weighted by Crippen LogP contribution is 2.05. The van der Waals surface area contributed by atoms with Crippen LogP contribution in [-0.4, -0.2) is 11.5 Å². The summed E-state index contributed by atoms with van der Waals surface area (Å²) in [6.07, 6.45) is 4.54. The van der Waals surface area contributed by atoms with Crippen molar-refractivity contribution in [1.82, 2.24) is 10.3 Å². The summed E-state index contributed by atoms with van der Waals surface area (Å²) in [5, 5.41) is 11.9. The summed E-state index contributed by atoms with van der Waals surface area (Å²) in [6.45, 7) is 1.51. The Morgan fingerprint density at radius 3 is 2.76 bits per heavy atom. The van der Waals surface area contributed by atoms with Crippen LogP contribution in [-0.2, 0) is 13.0 Å². The van der Waals surface area contributed by atoms with Crippen molar-refractivity contribution in [2.24, 2.45) is 0 Å². The average Bonchev–Trinajstić information content (AvgIpc) is 2.84. The molecule has 0 radical (unpaired) electrons. The van der Waals surface area contributed by atoms with E-state index in [1.165, 1.54) is 5.56 Å². The molecule has 4 heteroatoms. The molecular weight excluding hydrogens is 214 g/mol.